The molecule has 0 radical (unpaired) electrons. The second-order valence-corrected chi connectivity index (χ2v) is 1.64. The Kier molecular flexibility index (Phi) is 12.5. The summed E-state index contributed by atoms with van der Waals surface area (Å²) in [5.41, 5.74) is 4.89. The Labute approximate surface area is 79.9 Å². The van der Waals surface area contributed by atoms with Crippen LogP contribution in [-0.4, -0.2) is 6.17 Å². The largest absolute Gasteiger partial charge is 2.00 e. The maximum atomic E-state index is 12.1. The molecule has 3 heteroatoms. The molecule has 2 N–H and O–H groups in total. The first-order chi connectivity index (χ1) is 3.81. The zero-order chi connectivity index (χ0) is 6.41. The number of halogens is 1. The Morgan fingerprint density at radius 1 is 1.67 bits per heavy atom. The van der Waals surface area contributed by atoms with Crippen LogP contribution in [0.15, 0.2) is 0 Å². The van der Waals surface area contributed by atoms with Crippen molar-refractivity contribution in [2.45, 2.75) is 25.9 Å². The summed E-state index contributed by atoms with van der Waals surface area (Å²) in [4.78, 5) is 0. The molecule has 0 aromatic carbocycles. The molecule has 0 aromatic rings. The third kappa shape index (κ3) is 8.94. The molecule has 0 rings (SSSR count). The fourth-order valence-electron chi connectivity index (χ4n) is 0.404. The Balaban J connectivity index is 0. The van der Waals surface area contributed by atoms with Crippen molar-refractivity contribution in [3.05, 3.63) is 13.0 Å². The van der Waals surface area contributed by atoms with Gasteiger partial charge in [-0.15, -0.1) is 0 Å². The molecule has 1 nitrogen and oxygen atoms in total. The minimum atomic E-state index is -0.949. The van der Waals surface area contributed by atoms with Gasteiger partial charge in [-0.25, -0.2) is 6.54 Å². The molecule has 0 spiro atoms. The first-order valence-corrected chi connectivity index (χ1v) is 2.82. The molecule has 0 heterocycles. The number of rotatable bonds is 4. The van der Waals surface area contributed by atoms with E-state index in [9.17, 15) is 4.39 Å². The van der Waals surface area contributed by atoms with Gasteiger partial charge in [0.2, 0.25) is 0 Å². The molecule has 1 atom stereocenters. The van der Waals surface area contributed by atoms with E-state index in [1.807, 2.05) is 13.3 Å². The molecule has 0 amide bonds. The maximum Gasteiger partial charge on any atom is 2.00 e. The van der Waals surface area contributed by atoms with Gasteiger partial charge in [0.05, 0.1) is 0 Å². The molecular formula is C6H12FNU. The van der Waals surface area contributed by atoms with Gasteiger partial charge in [-0.05, 0) is 6.17 Å². The number of nitrogens with two attached hydrogens (primary N) is 1. The minimum absolute atomic E-state index is 0. The molecule has 0 aliphatic carbocycles. The van der Waals surface area contributed by atoms with E-state index >= 15 is 0 Å². The Morgan fingerprint density at radius 2 is 2.22 bits per heavy atom. The molecule has 52 valence electrons. The normalized spacial score (nSPS) is 12.3. The molecule has 0 aromatic heterocycles. The first kappa shape index (κ1) is 12.6. The van der Waals surface area contributed by atoms with Crippen molar-refractivity contribution in [3.8, 4) is 0 Å². The minimum Gasteiger partial charge on any atom is -0.481 e. The van der Waals surface area contributed by atoms with Crippen LogP contribution in [0, 0.1) is 44.1 Å². The van der Waals surface area contributed by atoms with Gasteiger partial charge in [0, 0.05) is 0 Å². The predicted octanol–water partition coefficient (Wildman–Crippen LogP) is 1.45. The number of hydrogen-bond acceptors (Lipinski definition) is 1. The van der Waals surface area contributed by atoms with Crippen molar-refractivity contribution in [1.29, 1.82) is 0 Å². The topological polar surface area (TPSA) is 26.0 Å². The average molecular weight is 355 g/mol. The molecule has 0 saturated carbocycles. The molecule has 0 fully saturated rings. The van der Waals surface area contributed by atoms with Crippen LogP contribution in [0.5, 0.6) is 0 Å². The zero-order valence-electron chi connectivity index (χ0n) is 5.60. The van der Waals surface area contributed by atoms with Crippen LogP contribution >= 0.6 is 0 Å². The summed E-state index contributed by atoms with van der Waals surface area (Å²) in [5, 5.41) is 0. The number of alkyl halides is 1. The summed E-state index contributed by atoms with van der Waals surface area (Å²) >= 11 is 0. The van der Waals surface area contributed by atoms with E-state index < -0.39 is 6.17 Å². The summed E-state index contributed by atoms with van der Waals surface area (Å²) in [5.74, 6) is 0. The van der Waals surface area contributed by atoms with E-state index in [1.54, 1.807) is 0 Å². The monoisotopic (exact) mass is 355 g/mol. The SMILES string of the molecule is CC[CH-]CC(F)[CH-]N.[U+2]. The fraction of sp³-hybridized carbons (Fsp3) is 0.667. The van der Waals surface area contributed by atoms with E-state index in [0.29, 0.717) is 6.42 Å². The van der Waals surface area contributed by atoms with Gasteiger partial charge >= 0.3 is 31.1 Å². The Hall–Kier alpha value is 0.942. The second kappa shape index (κ2) is 8.94. The number of unbranched alkanes of at least 4 members (excludes halogenated alkanes) is 1. The van der Waals surface area contributed by atoms with Crippen LogP contribution in [0.3, 0.4) is 0 Å². The van der Waals surface area contributed by atoms with Gasteiger partial charge in [0.1, 0.15) is 0 Å². The number of hydrogen-bond donors (Lipinski definition) is 1. The van der Waals surface area contributed by atoms with Crippen LogP contribution in [0.1, 0.15) is 19.8 Å². The average Bonchev–Trinajstić information content (AvgIpc) is 1.83. The van der Waals surface area contributed by atoms with Crippen molar-refractivity contribution >= 4 is 0 Å². The molecule has 0 saturated heterocycles. The van der Waals surface area contributed by atoms with E-state index in [2.05, 4.69) is 0 Å². The van der Waals surface area contributed by atoms with Gasteiger partial charge < -0.3 is 12.2 Å². The quantitative estimate of drug-likeness (QED) is 0.760. The molecule has 9 heavy (non-hydrogen) atoms. The smallest absolute Gasteiger partial charge is 0.481 e. The van der Waals surface area contributed by atoms with Crippen molar-refractivity contribution < 1.29 is 35.5 Å². The van der Waals surface area contributed by atoms with Crippen LogP contribution in [-0.2, 0) is 0 Å². The fourth-order valence-corrected chi connectivity index (χ4v) is 0.404. The molecule has 0 bridgehead atoms. The summed E-state index contributed by atoms with van der Waals surface area (Å²) in [7, 11) is 0. The predicted molar refractivity (Wildman–Crippen MR) is 32.6 cm³/mol. The van der Waals surface area contributed by atoms with Crippen molar-refractivity contribution in [3.63, 3.8) is 0 Å². The van der Waals surface area contributed by atoms with E-state index in [0.717, 1.165) is 13.0 Å². The van der Waals surface area contributed by atoms with Gasteiger partial charge in [-0.2, -0.15) is 12.8 Å². The summed E-state index contributed by atoms with van der Waals surface area (Å²) < 4.78 is 12.1. The first-order valence-electron chi connectivity index (χ1n) is 2.82. The van der Waals surface area contributed by atoms with E-state index in [4.69, 9.17) is 5.73 Å². The van der Waals surface area contributed by atoms with Crippen LogP contribution < -0.4 is 5.73 Å². The van der Waals surface area contributed by atoms with Gasteiger partial charge in [-0.3, -0.25) is 4.39 Å². The molecule has 0 aliphatic rings. The van der Waals surface area contributed by atoms with Crippen molar-refractivity contribution in [1.82, 2.24) is 0 Å². The molecule has 0 aliphatic heterocycles. The van der Waals surface area contributed by atoms with E-state index in [-0.39, 0.29) is 31.1 Å². The second-order valence-electron chi connectivity index (χ2n) is 1.64. The summed E-state index contributed by atoms with van der Waals surface area (Å²) in [6.45, 7) is 3.05. The Bertz CT molecular complexity index is 52.3. The van der Waals surface area contributed by atoms with E-state index in [1.165, 1.54) is 0 Å². The molecular weight excluding hydrogens is 343 g/mol. The molecule has 1 unspecified atom stereocenters. The van der Waals surface area contributed by atoms with Crippen molar-refractivity contribution in [2.75, 3.05) is 0 Å². The zero-order valence-corrected chi connectivity index (χ0v) is 9.77. The summed E-state index contributed by atoms with van der Waals surface area (Å²) in [6.07, 6.45) is 2.28. The van der Waals surface area contributed by atoms with Crippen LogP contribution in [0.4, 0.5) is 4.39 Å². The third-order valence-electron chi connectivity index (χ3n) is 0.889. The maximum absolute atomic E-state index is 12.1. The van der Waals surface area contributed by atoms with Crippen LogP contribution in [0.2, 0.25) is 0 Å². The van der Waals surface area contributed by atoms with Gasteiger partial charge in [0.15, 0.2) is 0 Å². The van der Waals surface area contributed by atoms with Gasteiger partial charge in [0.25, 0.3) is 0 Å². The van der Waals surface area contributed by atoms with Crippen molar-refractivity contribution in [2.24, 2.45) is 5.73 Å². The Morgan fingerprint density at radius 3 is 2.56 bits per heavy atom. The summed E-state index contributed by atoms with van der Waals surface area (Å²) in [6, 6.07) is 0. The third-order valence-corrected chi connectivity index (χ3v) is 0.889. The van der Waals surface area contributed by atoms with Gasteiger partial charge in [-0.1, -0.05) is 6.92 Å². The standard InChI is InChI=1S/C6H12FN.U/c1-2-3-4-6(7)5-8;/h3,5-6H,2,4,8H2,1H3;/q-2;+2. The van der Waals surface area contributed by atoms with Crippen LogP contribution in [0.25, 0.3) is 0 Å².